The molecule has 0 fully saturated rings. The van der Waals surface area contributed by atoms with E-state index >= 15 is 0 Å². The minimum atomic E-state index is -5.10. The summed E-state index contributed by atoms with van der Waals surface area (Å²) in [4.78, 5) is 10.7. The number of anilines is 1. The number of rotatable bonds is 2. The molecule has 0 aliphatic heterocycles. The van der Waals surface area contributed by atoms with Gasteiger partial charge >= 0.3 is 88.1 Å². The van der Waals surface area contributed by atoms with Crippen molar-refractivity contribution < 1.29 is 21.8 Å². The van der Waals surface area contributed by atoms with E-state index in [0.717, 1.165) is 12.1 Å². The van der Waals surface area contributed by atoms with Crippen LogP contribution in [0, 0.1) is 6.07 Å². The summed E-state index contributed by atoms with van der Waals surface area (Å²) in [6, 6.07) is 4.40. The summed E-state index contributed by atoms with van der Waals surface area (Å²) < 4.78 is 28.3. The van der Waals surface area contributed by atoms with Crippen LogP contribution >= 0.6 is 0 Å². The average Bonchev–Trinajstić information content (AvgIpc) is 1.99. The van der Waals surface area contributed by atoms with Gasteiger partial charge in [-0.25, -0.2) is 0 Å². The molecule has 0 atom stereocenters. The van der Waals surface area contributed by atoms with E-state index in [0.29, 0.717) is 0 Å². The molecule has 0 aliphatic rings. The maximum atomic E-state index is 10.9. The number of amides is 1. The second-order valence-corrected chi connectivity index (χ2v) is 6.16. The van der Waals surface area contributed by atoms with E-state index in [2.05, 4.69) is 11.4 Å². The summed E-state index contributed by atoms with van der Waals surface area (Å²) >= 11 is -5.10. The van der Waals surface area contributed by atoms with Crippen LogP contribution in [0.3, 0.4) is 0 Å². The topological polar surface area (TPSA) is 107 Å². The van der Waals surface area contributed by atoms with Crippen molar-refractivity contribution in [3.8, 4) is 5.75 Å². The number of carbonyl (C=O) groups excluding carboxylic acids is 1. The molecule has 1 amide bonds. The Kier molecular flexibility index (Phi) is 3.24. The molecule has 0 heterocycles. The predicted molar refractivity (Wildman–Crippen MR) is 51.8 cm³/mol. The molecule has 0 spiro atoms. The molecule has 15 heavy (non-hydrogen) atoms. The summed E-state index contributed by atoms with van der Waals surface area (Å²) in [5.41, 5.74) is 0.0298. The van der Waals surface area contributed by atoms with Gasteiger partial charge in [0.25, 0.3) is 0 Å². The van der Waals surface area contributed by atoms with Gasteiger partial charge in [0.05, 0.1) is 0 Å². The van der Waals surface area contributed by atoms with Gasteiger partial charge in [0.2, 0.25) is 0 Å². The van der Waals surface area contributed by atoms with Gasteiger partial charge in [-0.15, -0.1) is 0 Å². The fourth-order valence-electron chi connectivity index (χ4n) is 0.954. The molecule has 0 bridgehead atoms. The van der Waals surface area contributed by atoms with E-state index in [1.165, 1.54) is 6.92 Å². The Morgan fingerprint density at radius 1 is 1.47 bits per heavy atom. The summed E-state index contributed by atoms with van der Waals surface area (Å²) in [6.45, 7) is 1.24. The second-order valence-electron chi connectivity index (χ2n) is 2.86. The molecule has 0 saturated carbocycles. The number of carbonyl (C=O) groups is 1. The van der Waals surface area contributed by atoms with Gasteiger partial charge in [-0.3, -0.25) is 0 Å². The zero-order valence-electron chi connectivity index (χ0n) is 7.76. The van der Waals surface area contributed by atoms with Gasteiger partial charge in [-0.2, -0.15) is 0 Å². The fourth-order valence-corrected chi connectivity index (χ4v) is 2.14. The van der Waals surface area contributed by atoms with Crippen molar-refractivity contribution in [3.05, 3.63) is 18.2 Å². The van der Waals surface area contributed by atoms with E-state index in [1.807, 2.05) is 0 Å². The first-order valence-corrected chi connectivity index (χ1v) is 7.27. The van der Waals surface area contributed by atoms with E-state index in [-0.39, 0.29) is 11.4 Å². The van der Waals surface area contributed by atoms with Crippen molar-refractivity contribution in [1.82, 2.24) is 0 Å². The molecule has 0 aliphatic carbocycles. The Labute approximate surface area is 88.6 Å². The van der Waals surface area contributed by atoms with Crippen LogP contribution < -0.4 is 9.67 Å². The Bertz CT molecular complexity index is 439. The van der Waals surface area contributed by atoms with Crippen molar-refractivity contribution in [2.45, 2.75) is 6.92 Å². The van der Waals surface area contributed by atoms with E-state index < -0.39 is 24.4 Å². The van der Waals surface area contributed by atoms with Crippen molar-refractivity contribution in [3.63, 3.8) is 0 Å². The molecule has 4 N–H and O–H groups in total. The Balaban J connectivity index is 3.17. The molecule has 6 nitrogen and oxygen atoms in total. The molecule has 0 saturated heterocycles. The Hall–Kier alpha value is -1.23. The van der Waals surface area contributed by atoms with Gasteiger partial charge in [-0.1, -0.05) is 0 Å². The molecular weight excluding hydrogens is 265 g/mol. The zero-order chi connectivity index (χ0) is 11.6. The quantitative estimate of drug-likeness (QED) is 0.502. The van der Waals surface area contributed by atoms with Crippen LogP contribution in [-0.4, -0.2) is 33.4 Å². The van der Waals surface area contributed by atoms with Gasteiger partial charge < -0.3 is 0 Å². The number of hydrogen-bond donors (Lipinski definition) is 4. The Morgan fingerprint density at radius 2 is 2.07 bits per heavy atom. The monoisotopic (exact) mass is 274 g/mol. The summed E-state index contributed by atoms with van der Waals surface area (Å²) in [5.74, 6) is -0.752. The molecule has 1 aromatic rings. The standard InChI is InChI=1S/C8H9AsNO5/c1-5(11)10-7-2-6(9(13,14)15)3-8(12)4-7/h3-4,12H,1H3,(H,10,11)(H2,13,14,15). The summed E-state index contributed by atoms with van der Waals surface area (Å²) in [6.07, 6.45) is 0. The average molecular weight is 274 g/mol. The molecule has 81 valence electrons. The van der Waals surface area contributed by atoms with Gasteiger partial charge in [0.15, 0.2) is 0 Å². The van der Waals surface area contributed by atoms with Crippen molar-refractivity contribution in [2.24, 2.45) is 0 Å². The van der Waals surface area contributed by atoms with Crippen LogP contribution in [0.15, 0.2) is 12.1 Å². The molecule has 7 heteroatoms. The SMILES string of the molecule is CC(=O)Nc1[c]c([As](=O)(O)O)cc(O)c1. The molecule has 0 aromatic heterocycles. The van der Waals surface area contributed by atoms with E-state index in [9.17, 15) is 8.53 Å². The number of phenols is 1. The van der Waals surface area contributed by atoms with Crippen LogP contribution in [0.5, 0.6) is 5.75 Å². The van der Waals surface area contributed by atoms with Crippen LogP contribution in [0.1, 0.15) is 6.92 Å². The summed E-state index contributed by atoms with van der Waals surface area (Å²) in [7, 11) is 0. The fraction of sp³-hybridized carbons (Fsp3) is 0.125. The number of benzene rings is 1. The molecule has 0 unspecified atom stereocenters. The van der Waals surface area contributed by atoms with Crippen molar-refractivity contribution in [1.29, 1.82) is 0 Å². The van der Waals surface area contributed by atoms with E-state index in [1.54, 1.807) is 0 Å². The van der Waals surface area contributed by atoms with Crippen molar-refractivity contribution >= 4 is 30.1 Å². The van der Waals surface area contributed by atoms with Crippen LogP contribution in [0.25, 0.3) is 0 Å². The number of aromatic hydroxyl groups is 1. The predicted octanol–water partition coefficient (Wildman–Crippen LogP) is -1.29. The number of phenolic OH excluding ortho intramolecular Hbond substituents is 1. The van der Waals surface area contributed by atoms with Crippen molar-refractivity contribution in [2.75, 3.05) is 5.32 Å². The molecule has 1 aromatic carbocycles. The second kappa shape index (κ2) is 4.10. The minimum absolute atomic E-state index is 0.0298. The number of nitrogens with one attached hydrogen (secondary N) is 1. The third-order valence-corrected chi connectivity index (χ3v) is 3.29. The zero-order valence-corrected chi connectivity index (χ0v) is 9.64. The Morgan fingerprint density at radius 3 is 2.53 bits per heavy atom. The molecule has 1 rings (SSSR count). The van der Waals surface area contributed by atoms with Crippen LogP contribution in [0.4, 0.5) is 5.69 Å². The first kappa shape index (κ1) is 11.8. The third kappa shape index (κ3) is 3.43. The van der Waals surface area contributed by atoms with Gasteiger partial charge in [-0.05, 0) is 0 Å². The van der Waals surface area contributed by atoms with Gasteiger partial charge in [0, 0.05) is 0 Å². The summed E-state index contributed by atoms with van der Waals surface area (Å²) in [5, 5.41) is 11.4. The molecule has 1 radical (unpaired) electrons. The maximum absolute atomic E-state index is 10.9. The van der Waals surface area contributed by atoms with Crippen LogP contribution in [-0.2, 0) is 8.53 Å². The molecular formula is C8H9AsNO5. The number of hydrogen-bond acceptors (Lipinski definition) is 3. The normalized spacial score (nSPS) is 11.1. The van der Waals surface area contributed by atoms with E-state index in [4.69, 9.17) is 13.3 Å². The third-order valence-electron chi connectivity index (χ3n) is 1.46. The first-order chi connectivity index (χ1) is 6.79. The van der Waals surface area contributed by atoms with Crippen LogP contribution in [0.2, 0.25) is 0 Å². The first-order valence-electron chi connectivity index (χ1n) is 3.89. The van der Waals surface area contributed by atoms with Gasteiger partial charge in [0.1, 0.15) is 0 Å².